The van der Waals surface area contributed by atoms with Crippen LogP contribution in [0.25, 0.3) is 0 Å². The van der Waals surface area contributed by atoms with E-state index in [1.165, 1.54) is 0 Å². The van der Waals surface area contributed by atoms with Crippen LogP contribution in [0.2, 0.25) is 0 Å². The number of halogens is 2. The Bertz CT molecular complexity index is 641. The molecule has 0 saturated heterocycles. The van der Waals surface area contributed by atoms with E-state index in [0.717, 1.165) is 22.6 Å². The van der Waals surface area contributed by atoms with Gasteiger partial charge in [0.2, 0.25) is 0 Å². The van der Waals surface area contributed by atoms with Gasteiger partial charge in [-0.1, -0.05) is 24.3 Å². The minimum absolute atomic E-state index is 0.165. The first-order chi connectivity index (χ1) is 12.1. The molecule has 0 bridgehead atoms. The SMILES string of the molecule is O=C(CCl)Oc1ccc(CSCc2ccc(OC(=O)CCl)cc2)cc1. The molecule has 0 radical (unpaired) electrons. The second-order valence-electron chi connectivity index (χ2n) is 5.00. The van der Waals surface area contributed by atoms with E-state index in [1.54, 1.807) is 36.0 Å². The van der Waals surface area contributed by atoms with Gasteiger partial charge >= 0.3 is 11.9 Å². The van der Waals surface area contributed by atoms with Gasteiger partial charge < -0.3 is 9.47 Å². The second kappa shape index (κ2) is 10.3. The van der Waals surface area contributed by atoms with Gasteiger partial charge in [-0.05, 0) is 35.4 Å². The molecule has 25 heavy (non-hydrogen) atoms. The number of hydrogen-bond acceptors (Lipinski definition) is 5. The number of thioether (sulfide) groups is 1. The molecule has 0 amide bonds. The van der Waals surface area contributed by atoms with Crippen molar-refractivity contribution in [3.05, 3.63) is 59.7 Å². The highest BCUT2D eigenvalue weighted by Gasteiger charge is 2.04. The first kappa shape index (κ1) is 19.6. The highest BCUT2D eigenvalue weighted by Crippen LogP contribution is 2.22. The molecule has 7 heteroatoms. The molecule has 0 unspecified atom stereocenters. The number of ether oxygens (including phenoxy) is 2. The van der Waals surface area contributed by atoms with Crippen LogP contribution in [0.3, 0.4) is 0 Å². The Morgan fingerprint density at radius 2 is 1.08 bits per heavy atom. The van der Waals surface area contributed by atoms with Crippen molar-refractivity contribution in [3.8, 4) is 11.5 Å². The van der Waals surface area contributed by atoms with Gasteiger partial charge in [0.25, 0.3) is 0 Å². The van der Waals surface area contributed by atoms with Gasteiger partial charge in [-0.3, -0.25) is 9.59 Å². The Balaban J connectivity index is 1.78. The molecule has 0 atom stereocenters. The molecule has 0 fully saturated rings. The molecule has 0 aliphatic rings. The van der Waals surface area contributed by atoms with Crippen LogP contribution < -0.4 is 9.47 Å². The molecule has 4 nitrogen and oxygen atoms in total. The minimum Gasteiger partial charge on any atom is -0.426 e. The van der Waals surface area contributed by atoms with E-state index in [1.807, 2.05) is 24.3 Å². The zero-order valence-electron chi connectivity index (χ0n) is 13.2. The lowest BCUT2D eigenvalue weighted by Crippen LogP contribution is -2.08. The summed E-state index contributed by atoms with van der Waals surface area (Å²) in [5.74, 6) is 1.36. The van der Waals surface area contributed by atoms with E-state index in [9.17, 15) is 9.59 Å². The third kappa shape index (κ3) is 6.98. The van der Waals surface area contributed by atoms with Crippen molar-refractivity contribution < 1.29 is 19.1 Å². The van der Waals surface area contributed by atoms with Crippen molar-refractivity contribution in [1.29, 1.82) is 0 Å². The maximum atomic E-state index is 11.1. The Morgan fingerprint density at radius 1 is 0.720 bits per heavy atom. The fourth-order valence-electron chi connectivity index (χ4n) is 1.91. The number of benzene rings is 2. The number of hydrogen-bond donors (Lipinski definition) is 0. The summed E-state index contributed by atoms with van der Waals surface area (Å²) in [5, 5.41) is 0. The van der Waals surface area contributed by atoms with Crippen molar-refractivity contribution >= 4 is 46.9 Å². The average Bonchev–Trinajstić information content (AvgIpc) is 2.64. The molecule has 0 N–H and O–H groups in total. The lowest BCUT2D eigenvalue weighted by molar-refractivity contribution is -0.132. The van der Waals surface area contributed by atoms with Crippen LogP contribution in [0.15, 0.2) is 48.5 Å². The summed E-state index contributed by atoms with van der Waals surface area (Å²) in [6.07, 6.45) is 0. The maximum Gasteiger partial charge on any atom is 0.326 e. The normalized spacial score (nSPS) is 10.3. The number of esters is 2. The first-order valence-electron chi connectivity index (χ1n) is 7.39. The van der Waals surface area contributed by atoms with E-state index in [0.29, 0.717) is 11.5 Å². The average molecular weight is 399 g/mol. The third-order valence-electron chi connectivity index (χ3n) is 3.07. The Labute approximate surface area is 160 Å². The van der Waals surface area contributed by atoms with Crippen molar-refractivity contribution in [2.75, 3.05) is 11.8 Å². The summed E-state index contributed by atoms with van der Waals surface area (Å²) in [5.41, 5.74) is 2.26. The van der Waals surface area contributed by atoms with Crippen molar-refractivity contribution in [3.63, 3.8) is 0 Å². The van der Waals surface area contributed by atoms with Crippen LogP contribution in [0, 0.1) is 0 Å². The van der Waals surface area contributed by atoms with Gasteiger partial charge in [-0.15, -0.1) is 23.2 Å². The molecule has 0 heterocycles. The second-order valence-corrected chi connectivity index (χ2v) is 6.52. The third-order valence-corrected chi connectivity index (χ3v) is 4.58. The van der Waals surface area contributed by atoms with Gasteiger partial charge in [-0.2, -0.15) is 11.8 Å². The monoisotopic (exact) mass is 398 g/mol. The molecule has 132 valence electrons. The Kier molecular flexibility index (Phi) is 8.12. The minimum atomic E-state index is -0.469. The number of rotatable bonds is 8. The molecule has 0 aliphatic carbocycles. The van der Waals surface area contributed by atoms with Crippen LogP contribution in [0.5, 0.6) is 11.5 Å². The molecule has 0 saturated carbocycles. The van der Waals surface area contributed by atoms with Gasteiger partial charge in [0.15, 0.2) is 0 Å². The molecule has 0 spiro atoms. The summed E-state index contributed by atoms with van der Waals surface area (Å²) in [6.45, 7) is 0. The summed E-state index contributed by atoms with van der Waals surface area (Å²) < 4.78 is 10.0. The van der Waals surface area contributed by atoms with Gasteiger partial charge in [0.05, 0.1) is 0 Å². The van der Waals surface area contributed by atoms with E-state index >= 15 is 0 Å². The lowest BCUT2D eigenvalue weighted by Gasteiger charge is -2.06. The molecule has 0 aliphatic heterocycles. The van der Waals surface area contributed by atoms with E-state index in [4.69, 9.17) is 32.7 Å². The summed E-state index contributed by atoms with van der Waals surface area (Å²) >= 11 is 12.5. The largest absolute Gasteiger partial charge is 0.426 e. The van der Waals surface area contributed by atoms with Crippen molar-refractivity contribution in [2.45, 2.75) is 11.5 Å². The number of alkyl halides is 2. The lowest BCUT2D eigenvalue weighted by atomic mass is 10.2. The standard InChI is InChI=1S/C18H16Cl2O4S/c19-9-17(21)23-15-5-1-13(2-6-15)11-25-12-14-3-7-16(8-4-14)24-18(22)10-20/h1-8H,9-12H2. The fourth-order valence-corrected chi connectivity index (χ4v) is 2.98. The van der Waals surface area contributed by atoms with E-state index in [2.05, 4.69) is 0 Å². The zero-order valence-corrected chi connectivity index (χ0v) is 15.6. The topological polar surface area (TPSA) is 52.6 Å². The predicted octanol–water partition coefficient (Wildman–Crippen LogP) is 4.41. The van der Waals surface area contributed by atoms with Crippen LogP contribution >= 0.6 is 35.0 Å². The van der Waals surface area contributed by atoms with E-state index < -0.39 is 11.9 Å². The van der Waals surface area contributed by atoms with Crippen LogP contribution in [-0.2, 0) is 21.1 Å². The zero-order chi connectivity index (χ0) is 18.1. The quantitative estimate of drug-likeness (QED) is 0.374. The Hall–Kier alpha value is -1.69. The fraction of sp³-hybridized carbons (Fsp3) is 0.222. The maximum absolute atomic E-state index is 11.1. The van der Waals surface area contributed by atoms with Crippen molar-refractivity contribution in [1.82, 2.24) is 0 Å². The number of carbonyl (C=O) groups excluding carboxylic acids is 2. The van der Waals surface area contributed by atoms with Crippen LogP contribution in [-0.4, -0.2) is 23.7 Å². The molecule has 2 aromatic rings. The summed E-state index contributed by atoms with van der Waals surface area (Å²) in [6, 6.07) is 14.7. The van der Waals surface area contributed by atoms with Gasteiger partial charge in [0, 0.05) is 11.5 Å². The smallest absolute Gasteiger partial charge is 0.326 e. The molecule has 2 rings (SSSR count). The molecular formula is C18H16Cl2O4S. The molecule has 0 aromatic heterocycles. The highest BCUT2D eigenvalue weighted by atomic mass is 35.5. The Morgan fingerprint density at radius 3 is 1.40 bits per heavy atom. The highest BCUT2D eigenvalue weighted by molar-refractivity contribution is 7.97. The molecule has 2 aromatic carbocycles. The first-order valence-corrected chi connectivity index (χ1v) is 9.62. The number of carbonyl (C=O) groups is 2. The van der Waals surface area contributed by atoms with Gasteiger partial charge in [0.1, 0.15) is 23.3 Å². The summed E-state index contributed by atoms with van der Waals surface area (Å²) in [7, 11) is 0. The van der Waals surface area contributed by atoms with Crippen molar-refractivity contribution in [2.24, 2.45) is 0 Å². The predicted molar refractivity (Wildman–Crippen MR) is 101 cm³/mol. The van der Waals surface area contributed by atoms with Crippen LogP contribution in [0.1, 0.15) is 11.1 Å². The molecular weight excluding hydrogens is 383 g/mol. The van der Waals surface area contributed by atoms with Crippen LogP contribution in [0.4, 0.5) is 0 Å². The van der Waals surface area contributed by atoms with Gasteiger partial charge in [-0.25, -0.2) is 0 Å². The summed E-state index contributed by atoms with van der Waals surface area (Å²) in [4.78, 5) is 22.2. The van der Waals surface area contributed by atoms with E-state index in [-0.39, 0.29) is 11.8 Å².